The molecule has 56 valence electrons. The van der Waals surface area contributed by atoms with Gasteiger partial charge in [0.1, 0.15) is 0 Å². The summed E-state index contributed by atoms with van der Waals surface area (Å²) in [5.74, 6) is 0. The molecule has 0 radical (unpaired) electrons. The Hall–Kier alpha value is -0.120. The first-order chi connectivity index (χ1) is 4.41. The molecule has 3 nitrogen and oxygen atoms in total. The van der Waals surface area contributed by atoms with E-state index < -0.39 is 0 Å². The van der Waals surface area contributed by atoms with Crippen molar-refractivity contribution in [2.45, 2.75) is 20.3 Å². The van der Waals surface area contributed by atoms with E-state index in [0.29, 0.717) is 13.4 Å². The third-order valence-electron chi connectivity index (χ3n) is 0.801. The molecule has 0 atom stereocenters. The molecule has 0 aromatic carbocycles. The minimum Gasteiger partial charge on any atom is -0.354 e. The van der Waals surface area contributed by atoms with Crippen molar-refractivity contribution < 1.29 is 9.57 Å². The fourth-order valence-electron chi connectivity index (χ4n) is 0.341. The van der Waals surface area contributed by atoms with Gasteiger partial charge in [0.15, 0.2) is 6.79 Å². The molecule has 0 saturated carbocycles. The Morgan fingerprint density at radius 2 is 2.11 bits per heavy atom. The van der Waals surface area contributed by atoms with Crippen LogP contribution in [0.2, 0.25) is 0 Å². The average molecular weight is 133 g/mol. The van der Waals surface area contributed by atoms with E-state index in [-0.39, 0.29) is 0 Å². The maximum Gasteiger partial charge on any atom is 0.166 e. The maximum atomic E-state index is 4.90. The van der Waals surface area contributed by atoms with Crippen LogP contribution in [0.3, 0.4) is 0 Å². The third kappa shape index (κ3) is 7.88. The van der Waals surface area contributed by atoms with Crippen molar-refractivity contribution in [3.63, 3.8) is 0 Å². The van der Waals surface area contributed by atoms with Gasteiger partial charge >= 0.3 is 0 Å². The maximum absolute atomic E-state index is 4.90. The molecular formula is C6H15NO2. The van der Waals surface area contributed by atoms with Crippen LogP contribution < -0.4 is 5.48 Å². The van der Waals surface area contributed by atoms with Crippen molar-refractivity contribution in [1.29, 1.82) is 0 Å². The number of hydroxylamine groups is 1. The summed E-state index contributed by atoms with van der Waals surface area (Å²) in [6, 6.07) is 0. The molecule has 1 N–H and O–H groups in total. The van der Waals surface area contributed by atoms with Crippen LogP contribution >= 0.6 is 0 Å². The lowest BCUT2D eigenvalue weighted by Crippen LogP contribution is -2.17. The third-order valence-corrected chi connectivity index (χ3v) is 0.801. The van der Waals surface area contributed by atoms with Gasteiger partial charge in [-0.1, -0.05) is 6.92 Å². The number of hydrogen-bond acceptors (Lipinski definition) is 3. The van der Waals surface area contributed by atoms with Crippen molar-refractivity contribution in [3.8, 4) is 0 Å². The molecule has 0 aliphatic heterocycles. The summed E-state index contributed by atoms with van der Waals surface area (Å²) in [5, 5.41) is 0. The molecule has 0 aliphatic carbocycles. The molecule has 0 aromatic heterocycles. The molecule has 3 heteroatoms. The molecule has 0 rings (SSSR count). The van der Waals surface area contributed by atoms with Crippen LogP contribution in [0.15, 0.2) is 0 Å². The Bertz CT molecular complexity index is 44.3. The van der Waals surface area contributed by atoms with Crippen molar-refractivity contribution in [2.24, 2.45) is 0 Å². The van der Waals surface area contributed by atoms with Crippen molar-refractivity contribution >= 4 is 0 Å². The highest BCUT2D eigenvalue weighted by molar-refractivity contribution is 4.24. The summed E-state index contributed by atoms with van der Waals surface area (Å²) in [5.41, 5.74) is 2.74. The monoisotopic (exact) mass is 133 g/mol. The fraction of sp³-hybridized carbons (Fsp3) is 1.00. The van der Waals surface area contributed by atoms with Crippen LogP contribution in [0.25, 0.3) is 0 Å². The molecule has 0 aromatic rings. The van der Waals surface area contributed by atoms with Gasteiger partial charge < -0.3 is 4.74 Å². The molecule has 0 spiro atoms. The predicted molar refractivity (Wildman–Crippen MR) is 35.9 cm³/mol. The lowest BCUT2D eigenvalue weighted by Gasteiger charge is -2.02. The second-order valence-corrected chi connectivity index (χ2v) is 1.65. The van der Waals surface area contributed by atoms with Crippen molar-refractivity contribution in [2.75, 3.05) is 19.9 Å². The van der Waals surface area contributed by atoms with Crippen molar-refractivity contribution in [1.82, 2.24) is 5.48 Å². The largest absolute Gasteiger partial charge is 0.354 e. The number of nitrogens with one attached hydrogen (secondary N) is 1. The summed E-state index contributed by atoms with van der Waals surface area (Å²) in [4.78, 5) is 4.84. The Balaban J connectivity index is 2.60. The Kier molecular flexibility index (Phi) is 7.77. The molecule has 0 bridgehead atoms. The van der Waals surface area contributed by atoms with Gasteiger partial charge in [-0.15, -0.1) is 0 Å². The first-order valence-electron chi connectivity index (χ1n) is 3.34. The van der Waals surface area contributed by atoms with E-state index in [4.69, 9.17) is 9.57 Å². The van der Waals surface area contributed by atoms with Gasteiger partial charge in [-0.25, -0.2) is 0 Å². The van der Waals surface area contributed by atoms with Crippen LogP contribution in [0.4, 0.5) is 0 Å². The predicted octanol–water partition coefficient (Wildman–Crippen LogP) is 0.912. The first kappa shape index (κ1) is 8.88. The van der Waals surface area contributed by atoms with Gasteiger partial charge in [0.25, 0.3) is 0 Å². The normalized spacial score (nSPS) is 10.0. The summed E-state index contributed by atoms with van der Waals surface area (Å²) < 4.78 is 4.90. The van der Waals surface area contributed by atoms with E-state index in [0.717, 1.165) is 13.0 Å². The van der Waals surface area contributed by atoms with E-state index in [1.807, 2.05) is 6.92 Å². The Morgan fingerprint density at radius 3 is 2.67 bits per heavy atom. The van der Waals surface area contributed by atoms with E-state index >= 15 is 0 Å². The van der Waals surface area contributed by atoms with Gasteiger partial charge in [0.05, 0.1) is 0 Å². The zero-order chi connectivity index (χ0) is 6.95. The minimum atomic E-state index is 0.344. The van der Waals surface area contributed by atoms with Crippen LogP contribution in [0.5, 0.6) is 0 Å². The lowest BCUT2D eigenvalue weighted by atomic mass is 10.5. The quantitative estimate of drug-likeness (QED) is 0.332. The molecule has 0 aliphatic rings. The zero-order valence-corrected chi connectivity index (χ0v) is 6.14. The van der Waals surface area contributed by atoms with E-state index in [2.05, 4.69) is 12.4 Å². The number of hydrogen-bond donors (Lipinski definition) is 1. The molecule has 9 heavy (non-hydrogen) atoms. The Labute approximate surface area is 56.3 Å². The molecular weight excluding hydrogens is 118 g/mol. The summed E-state index contributed by atoms with van der Waals surface area (Å²) in [7, 11) is 0. The van der Waals surface area contributed by atoms with Crippen molar-refractivity contribution in [3.05, 3.63) is 0 Å². The van der Waals surface area contributed by atoms with Crippen LogP contribution in [0.1, 0.15) is 20.3 Å². The lowest BCUT2D eigenvalue weighted by molar-refractivity contribution is -0.0953. The van der Waals surface area contributed by atoms with E-state index in [1.54, 1.807) is 0 Å². The highest BCUT2D eigenvalue weighted by Crippen LogP contribution is 1.74. The number of rotatable bonds is 6. The van der Waals surface area contributed by atoms with E-state index in [9.17, 15) is 0 Å². The molecule has 0 amide bonds. The molecule has 0 heterocycles. The minimum absolute atomic E-state index is 0.344. The summed E-state index contributed by atoms with van der Waals surface area (Å²) in [6.45, 7) is 5.94. The second-order valence-electron chi connectivity index (χ2n) is 1.65. The van der Waals surface area contributed by atoms with Gasteiger partial charge in [0, 0.05) is 13.2 Å². The van der Waals surface area contributed by atoms with Gasteiger partial charge in [-0.3, -0.25) is 4.84 Å². The van der Waals surface area contributed by atoms with Gasteiger partial charge in [0.2, 0.25) is 0 Å². The topological polar surface area (TPSA) is 30.5 Å². The highest BCUT2D eigenvalue weighted by Gasteiger charge is 1.81. The van der Waals surface area contributed by atoms with Crippen LogP contribution in [0, 0.1) is 0 Å². The summed E-state index contributed by atoms with van der Waals surface area (Å²) in [6.07, 6.45) is 1.08. The van der Waals surface area contributed by atoms with Crippen LogP contribution in [-0.4, -0.2) is 19.9 Å². The smallest absolute Gasteiger partial charge is 0.166 e. The van der Waals surface area contributed by atoms with Gasteiger partial charge in [-0.05, 0) is 13.3 Å². The highest BCUT2D eigenvalue weighted by atomic mass is 16.7. The fourth-order valence-corrected chi connectivity index (χ4v) is 0.341. The summed E-state index contributed by atoms with van der Waals surface area (Å²) >= 11 is 0. The first-order valence-corrected chi connectivity index (χ1v) is 3.34. The molecule has 0 fully saturated rings. The zero-order valence-electron chi connectivity index (χ0n) is 6.14. The molecule has 0 unspecified atom stereocenters. The molecule has 0 saturated heterocycles. The standard InChI is InChI=1S/C6H15NO2/c1-3-5-7-9-6-8-4-2/h7H,3-6H2,1-2H3. The van der Waals surface area contributed by atoms with E-state index in [1.165, 1.54) is 0 Å². The second kappa shape index (κ2) is 7.88. The Morgan fingerprint density at radius 1 is 1.33 bits per heavy atom. The van der Waals surface area contributed by atoms with Crippen LogP contribution in [-0.2, 0) is 9.57 Å². The SMILES string of the molecule is CCCNOCOCC. The number of ether oxygens (including phenoxy) is 1. The average Bonchev–Trinajstić information content (AvgIpc) is 1.89. The van der Waals surface area contributed by atoms with Gasteiger partial charge in [-0.2, -0.15) is 5.48 Å².